The lowest BCUT2D eigenvalue weighted by molar-refractivity contribution is -0.117. The van der Waals surface area contributed by atoms with Crippen LogP contribution in [0.1, 0.15) is 29.8 Å². The quantitative estimate of drug-likeness (QED) is 0.822. The van der Waals surface area contributed by atoms with Crippen molar-refractivity contribution in [2.75, 3.05) is 38.0 Å². The summed E-state index contributed by atoms with van der Waals surface area (Å²) in [5, 5.41) is 6.25. The number of aromatic nitrogens is 1. The van der Waals surface area contributed by atoms with Crippen LogP contribution in [0.25, 0.3) is 0 Å². The summed E-state index contributed by atoms with van der Waals surface area (Å²) in [6, 6.07) is 4.81. The third-order valence-corrected chi connectivity index (χ3v) is 4.19. The van der Waals surface area contributed by atoms with Crippen LogP contribution in [0.15, 0.2) is 39.7 Å². The molecule has 0 saturated carbocycles. The molecule has 1 fully saturated rings. The lowest BCUT2D eigenvalue weighted by Crippen LogP contribution is -2.43. The number of piperidine rings is 1. The average molecular weight is 346 g/mol. The number of nitrogens with one attached hydrogen (secondary N) is 1. The lowest BCUT2D eigenvalue weighted by atomic mass is 10.1. The van der Waals surface area contributed by atoms with Gasteiger partial charge in [-0.1, -0.05) is 11.6 Å². The SMILES string of the molecule is O=C(CN(CCN1CCCCC1)C(=O)c1ccco1)Nc1ccon1. The number of furan rings is 1. The molecular weight excluding hydrogens is 324 g/mol. The third-order valence-electron chi connectivity index (χ3n) is 4.19. The first-order chi connectivity index (χ1) is 12.2. The van der Waals surface area contributed by atoms with E-state index < -0.39 is 0 Å². The fourth-order valence-electron chi connectivity index (χ4n) is 2.89. The van der Waals surface area contributed by atoms with Gasteiger partial charge in [0.25, 0.3) is 5.91 Å². The van der Waals surface area contributed by atoms with E-state index in [4.69, 9.17) is 4.42 Å². The van der Waals surface area contributed by atoms with E-state index in [1.807, 2.05) is 0 Å². The van der Waals surface area contributed by atoms with Gasteiger partial charge in [-0.3, -0.25) is 9.59 Å². The van der Waals surface area contributed by atoms with Crippen molar-refractivity contribution in [2.24, 2.45) is 0 Å². The van der Waals surface area contributed by atoms with Crippen molar-refractivity contribution >= 4 is 17.6 Å². The summed E-state index contributed by atoms with van der Waals surface area (Å²) >= 11 is 0. The number of likely N-dealkylation sites (tertiary alicyclic amines) is 1. The maximum absolute atomic E-state index is 12.6. The molecule has 2 aromatic rings. The zero-order valence-corrected chi connectivity index (χ0v) is 14.0. The molecular formula is C17H22N4O4. The second kappa shape index (κ2) is 8.48. The highest BCUT2D eigenvalue weighted by Crippen LogP contribution is 2.10. The Morgan fingerprint density at radius 2 is 2.04 bits per heavy atom. The van der Waals surface area contributed by atoms with Crippen molar-refractivity contribution in [3.8, 4) is 0 Å². The zero-order valence-electron chi connectivity index (χ0n) is 14.0. The average Bonchev–Trinajstić information content (AvgIpc) is 3.32. The minimum Gasteiger partial charge on any atom is -0.459 e. The number of rotatable bonds is 7. The van der Waals surface area contributed by atoms with Gasteiger partial charge >= 0.3 is 0 Å². The fraction of sp³-hybridized carbons (Fsp3) is 0.471. The molecule has 1 aliphatic rings. The molecule has 1 N–H and O–H groups in total. The van der Waals surface area contributed by atoms with Crippen LogP contribution in [-0.4, -0.2) is 59.5 Å². The van der Waals surface area contributed by atoms with Gasteiger partial charge in [0.15, 0.2) is 11.6 Å². The smallest absolute Gasteiger partial charge is 0.290 e. The zero-order chi connectivity index (χ0) is 17.5. The number of carbonyl (C=O) groups excluding carboxylic acids is 2. The maximum atomic E-state index is 12.6. The van der Waals surface area contributed by atoms with Crippen molar-refractivity contribution in [3.05, 3.63) is 36.5 Å². The first-order valence-corrected chi connectivity index (χ1v) is 8.48. The Bertz CT molecular complexity index is 663. The Kier molecular flexibility index (Phi) is 5.84. The molecule has 0 aromatic carbocycles. The van der Waals surface area contributed by atoms with Crippen LogP contribution in [-0.2, 0) is 4.79 Å². The van der Waals surface area contributed by atoms with E-state index in [0.29, 0.717) is 12.4 Å². The summed E-state index contributed by atoms with van der Waals surface area (Å²) in [5.41, 5.74) is 0. The molecule has 25 heavy (non-hydrogen) atoms. The van der Waals surface area contributed by atoms with Gasteiger partial charge in [0, 0.05) is 19.2 Å². The van der Waals surface area contributed by atoms with Crippen LogP contribution in [0.2, 0.25) is 0 Å². The third kappa shape index (κ3) is 4.93. The molecule has 134 valence electrons. The van der Waals surface area contributed by atoms with Crippen molar-refractivity contribution in [1.29, 1.82) is 0 Å². The Labute approximate surface area is 145 Å². The van der Waals surface area contributed by atoms with E-state index in [-0.39, 0.29) is 24.1 Å². The molecule has 0 spiro atoms. The summed E-state index contributed by atoms with van der Waals surface area (Å²) in [4.78, 5) is 28.7. The Balaban J connectivity index is 1.60. The summed E-state index contributed by atoms with van der Waals surface area (Å²) in [6.45, 7) is 3.21. The molecule has 1 aliphatic heterocycles. The predicted octanol–water partition coefficient (Wildman–Crippen LogP) is 1.83. The molecule has 8 heteroatoms. The second-order valence-electron chi connectivity index (χ2n) is 6.04. The number of hydrogen-bond donors (Lipinski definition) is 1. The molecule has 2 aromatic heterocycles. The van der Waals surface area contributed by atoms with Gasteiger partial charge < -0.3 is 24.1 Å². The van der Waals surface area contributed by atoms with Crippen LogP contribution in [0.4, 0.5) is 5.82 Å². The topological polar surface area (TPSA) is 91.8 Å². The van der Waals surface area contributed by atoms with Gasteiger partial charge in [-0.05, 0) is 38.1 Å². The minimum absolute atomic E-state index is 0.0692. The summed E-state index contributed by atoms with van der Waals surface area (Å²) < 4.78 is 9.88. The summed E-state index contributed by atoms with van der Waals surface area (Å²) in [5.74, 6) is -0.0657. The van der Waals surface area contributed by atoms with Crippen LogP contribution >= 0.6 is 0 Å². The highest BCUT2D eigenvalue weighted by Gasteiger charge is 2.22. The van der Waals surface area contributed by atoms with E-state index in [1.54, 1.807) is 18.2 Å². The van der Waals surface area contributed by atoms with E-state index in [9.17, 15) is 9.59 Å². The molecule has 8 nitrogen and oxygen atoms in total. The molecule has 0 atom stereocenters. The maximum Gasteiger partial charge on any atom is 0.290 e. The number of nitrogens with zero attached hydrogens (tertiary/aromatic N) is 3. The van der Waals surface area contributed by atoms with Gasteiger partial charge in [-0.2, -0.15) is 0 Å². The Hall–Kier alpha value is -2.61. The lowest BCUT2D eigenvalue weighted by Gasteiger charge is -2.29. The van der Waals surface area contributed by atoms with Crippen molar-refractivity contribution in [2.45, 2.75) is 19.3 Å². The fourth-order valence-corrected chi connectivity index (χ4v) is 2.89. The molecule has 0 unspecified atom stereocenters. The summed E-state index contributed by atoms with van der Waals surface area (Å²) in [6.07, 6.45) is 6.44. The molecule has 2 amide bonds. The molecule has 0 bridgehead atoms. The normalized spacial score (nSPS) is 15.0. The minimum atomic E-state index is -0.326. The van der Waals surface area contributed by atoms with Crippen molar-refractivity contribution < 1.29 is 18.5 Å². The number of amides is 2. The Morgan fingerprint density at radius 3 is 2.72 bits per heavy atom. The van der Waals surface area contributed by atoms with Crippen molar-refractivity contribution in [3.63, 3.8) is 0 Å². The van der Waals surface area contributed by atoms with Crippen LogP contribution in [0.3, 0.4) is 0 Å². The standard InChI is InChI=1S/C17H22N4O4/c22-16(18-15-6-12-25-19-15)13-21(17(23)14-5-4-11-24-14)10-9-20-7-2-1-3-8-20/h4-6,11-12H,1-3,7-10,13H2,(H,18,19,22). The van der Waals surface area contributed by atoms with Gasteiger partial charge in [-0.15, -0.1) is 0 Å². The number of hydrogen-bond acceptors (Lipinski definition) is 6. The van der Waals surface area contributed by atoms with E-state index >= 15 is 0 Å². The van der Waals surface area contributed by atoms with Gasteiger partial charge in [0.05, 0.1) is 6.26 Å². The van der Waals surface area contributed by atoms with E-state index in [1.165, 1.54) is 36.7 Å². The second-order valence-corrected chi connectivity index (χ2v) is 6.04. The number of anilines is 1. The number of carbonyl (C=O) groups is 2. The van der Waals surface area contributed by atoms with Gasteiger partial charge in [-0.25, -0.2) is 0 Å². The van der Waals surface area contributed by atoms with E-state index in [0.717, 1.165) is 19.6 Å². The van der Waals surface area contributed by atoms with Crippen molar-refractivity contribution in [1.82, 2.24) is 15.0 Å². The van der Waals surface area contributed by atoms with Gasteiger partial charge in [0.2, 0.25) is 5.91 Å². The molecule has 3 rings (SSSR count). The molecule has 0 aliphatic carbocycles. The highest BCUT2D eigenvalue weighted by molar-refractivity contribution is 5.97. The molecule has 3 heterocycles. The largest absolute Gasteiger partial charge is 0.459 e. The highest BCUT2D eigenvalue weighted by atomic mass is 16.5. The molecule has 0 radical (unpaired) electrons. The monoisotopic (exact) mass is 346 g/mol. The van der Waals surface area contributed by atoms with Crippen LogP contribution in [0, 0.1) is 0 Å². The Morgan fingerprint density at radius 1 is 1.20 bits per heavy atom. The first-order valence-electron chi connectivity index (χ1n) is 8.48. The predicted molar refractivity (Wildman–Crippen MR) is 90.0 cm³/mol. The van der Waals surface area contributed by atoms with Crippen LogP contribution < -0.4 is 5.32 Å². The molecule has 1 saturated heterocycles. The van der Waals surface area contributed by atoms with Gasteiger partial charge in [0.1, 0.15) is 12.8 Å². The summed E-state index contributed by atoms with van der Waals surface area (Å²) in [7, 11) is 0. The van der Waals surface area contributed by atoms with Crippen LogP contribution in [0.5, 0.6) is 0 Å². The first kappa shape index (κ1) is 17.2. The van der Waals surface area contributed by atoms with E-state index in [2.05, 4.69) is 19.9 Å².